The summed E-state index contributed by atoms with van der Waals surface area (Å²) in [4.78, 5) is 26.6. The van der Waals surface area contributed by atoms with Gasteiger partial charge in [-0.1, -0.05) is 5.16 Å². The number of nitrogens with one attached hydrogen (secondary N) is 1. The number of hydrogen-bond donors (Lipinski definition) is 1. The lowest BCUT2D eigenvalue weighted by Crippen LogP contribution is -2.36. The fourth-order valence-electron chi connectivity index (χ4n) is 2.81. The van der Waals surface area contributed by atoms with Crippen molar-refractivity contribution in [2.24, 2.45) is 0 Å². The zero-order valence-electron chi connectivity index (χ0n) is 13.4. The van der Waals surface area contributed by atoms with Crippen molar-refractivity contribution >= 4 is 11.9 Å². The Bertz CT molecular complexity index is 865. The van der Waals surface area contributed by atoms with Crippen LogP contribution in [-0.2, 0) is 19.5 Å². The third kappa shape index (κ3) is 3.18. The predicted molar refractivity (Wildman–Crippen MR) is 88.5 cm³/mol. The van der Waals surface area contributed by atoms with Crippen LogP contribution >= 0.6 is 0 Å². The van der Waals surface area contributed by atoms with E-state index >= 15 is 0 Å². The van der Waals surface area contributed by atoms with Gasteiger partial charge in [-0.3, -0.25) is 9.78 Å². The van der Waals surface area contributed by atoms with Gasteiger partial charge in [0, 0.05) is 48.9 Å². The van der Waals surface area contributed by atoms with E-state index in [9.17, 15) is 4.79 Å². The van der Waals surface area contributed by atoms with E-state index in [0.29, 0.717) is 37.6 Å². The Labute approximate surface area is 143 Å². The van der Waals surface area contributed by atoms with Gasteiger partial charge in [0.05, 0.1) is 13.1 Å². The van der Waals surface area contributed by atoms with E-state index in [0.717, 1.165) is 17.0 Å². The molecule has 0 saturated carbocycles. The average molecular weight is 336 g/mol. The van der Waals surface area contributed by atoms with Crippen LogP contribution in [0.15, 0.2) is 47.5 Å². The lowest BCUT2D eigenvalue weighted by Gasteiger charge is -2.26. The molecule has 1 aliphatic rings. The summed E-state index contributed by atoms with van der Waals surface area (Å²) < 4.78 is 5.43. The topological polar surface area (TPSA) is 97.0 Å². The molecule has 0 spiro atoms. The van der Waals surface area contributed by atoms with Crippen LogP contribution in [0.3, 0.4) is 0 Å². The number of carbonyl (C=O) groups is 1. The minimum Gasteiger partial charge on any atom is -0.361 e. The molecule has 8 nitrogen and oxygen atoms in total. The van der Waals surface area contributed by atoms with E-state index in [1.807, 2.05) is 0 Å². The number of nitrogens with zero attached hydrogens (tertiary/aromatic N) is 5. The fourth-order valence-corrected chi connectivity index (χ4v) is 2.81. The van der Waals surface area contributed by atoms with Gasteiger partial charge >= 0.3 is 0 Å². The van der Waals surface area contributed by atoms with E-state index in [2.05, 4.69) is 25.4 Å². The minimum atomic E-state index is -0.0143. The standard InChI is InChI=1S/C17H16N6O2/c24-16(12-2-7-18-8-3-12)23-9-4-15-13(11-23)14(22-25-15)10-21-17-19-5-1-6-20-17/h1-3,5-8H,4,9-11H2,(H,19,20,21). The van der Waals surface area contributed by atoms with Gasteiger partial charge in [0.1, 0.15) is 11.5 Å². The first-order chi connectivity index (χ1) is 12.3. The Morgan fingerprint density at radius 1 is 1.20 bits per heavy atom. The molecule has 126 valence electrons. The van der Waals surface area contributed by atoms with Crippen molar-refractivity contribution in [1.29, 1.82) is 0 Å². The van der Waals surface area contributed by atoms with Crippen molar-refractivity contribution < 1.29 is 9.32 Å². The lowest BCUT2D eigenvalue weighted by molar-refractivity contribution is 0.0728. The molecule has 8 heteroatoms. The molecule has 0 unspecified atom stereocenters. The van der Waals surface area contributed by atoms with E-state index in [1.165, 1.54) is 0 Å². The molecule has 0 fully saturated rings. The monoisotopic (exact) mass is 336 g/mol. The molecule has 0 atom stereocenters. The molecule has 25 heavy (non-hydrogen) atoms. The molecule has 1 aliphatic heterocycles. The van der Waals surface area contributed by atoms with Crippen LogP contribution < -0.4 is 5.32 Å². The number of anilines is 1. The predicted octanol–water partition coefficient (Wildman–Crippen LogP) is 1.67. The zero-order valence-corrected chi connectivity index (χ0v) is 13.4. The number of amides is 1. The summed E-state index contributed by atoms with van der Waals surface area (Å²) in [7, 11) is 0. The molecule has 0 bridgehead atoms. The SMILES string of the molecule is O=C(c1ccncc1)N1CCc2onc(CNc3ncccn3)c2C1. The van der Waals surface area contributed by atoms with Crippen LogP contribution in [0, 0.1) is 0 Å². The lowest BCUT2D eigenvalue weighted by atomic mass is 10.0. The van der Waals surface area contributed by atoms with Crippen molar-refractivity contribution in [1.82, 2.24) is 25.0 Å². The van der Waals surface area contributed by atoms with Gasteiger partial charge in [-0.15, -0.1) is 0 Å². The Kier molecular flexibility index (Phi) is 4.07. The molecular formula is C17H16N6O2. The normalized spacial score (nSPS) is 13.4. The van der Waals surface area contributed by atoms with Gasteiger partial charge in [0.25, 0.3) is 5.91 Å². The molecule has 0 radical (unpaired) electrons. The van der Waals surface area contributed by atoms with Crippen LogP contribution in [0.2, 0.25) is 0 Å². The van der Waals surface area contributed by atoms with Gasteiger partial charge in [-0.25, -0.2) is 9.97 Å². The summed E-state index contributed by atoms with van der Waals surface area (Å²) in [6.07, 6.45) is 7.24. The largest absolute Gasteiger partial charge is 0.361 e. The second-order valence-corrected chi connectivity index (χ2v) is 5.67. The Hall–Kier alpha value is -3.29. The first kappa shape index (κ1) is 15.3. The Morgan fingerprint density at radius 3 is 2.80 bits per heavy atom. The third-order valence-electron chi connectivity index (χ3n) is 4.10. The smallest absolute Gasteiger partial charge is 0.254 e. The van der Waals surface area contributed by atoms with Gasteiger partial charge in [0.2, 0.25) is 5.95 Å². The van der Waals surface area contributed by atoms with Gasteiger partial charge in [-0.05, 0) is 18.2 Å². The molecule has 4 rings (SSSR count). The highest BCUT2D eigenvalue weighted by molar-refractivity contribution is 5.94. The molecular weight excluding hydrogens is 320 g/mol. The molecule has 1 N–H and O–H groups in total. The summed E-state index contributed by atoms with van der Waals surface area (Å²) in [5.41, 5.74) is 2.36. The highest BCUT2D eigenvalue weighted by Gasteiger charge is 2.27. The zero-order chi connectivity index (χ0) is 17.1. The maximum Gasteiger partial charge on any atom is 0.254 e. The Morgan fingerprint density at radius 2 is 2.00 bits per heavy atom. The molecule has 3 aromatic heterocycles. The van der Waals surface area contributed by atoms with E-state index in [4.69, 9.17) is 4.52 Å². The maximum absolute atomic E-state index is 12.6. The quantitative estimate of drug-likeness (QED) is 0.774. The van der Waals surface area contributed by atoms with Gasteiger partial charge in [0.15, 0.2) is 0 Å². The minimum absolute atomic E-state index is 0.0143. The van der Waals surface area contributed by atoms with Crippen LogP contribution in [0.25, 0.3) is 0 Å². The summed E-state index contributed by atoms with van der Waals surface area (Å²) >= 11 is 0. The molecule has 0 aliphatic carbocycles. The number of aromatic nitrogens is 4. The fraction of sp³-hybridized carbons (Fsp3) is 0.235. The summed E-state index contributed by atoms with van der Waals surface area (Å²) in [5, 5.41) is 7.25. The first-order valence-corrected chi connectivity index (χ1v) is 7.98. The maximum atomic E-state index is 12.6. The number of hydrogen-bond acceptors (Lipinski definition) is 7. The second kappa shape index (κ2) is 6.68. The van der Waals surface area contributed by atoms with Crippen LogP contribution in [0.4, 0.5) is 5.95 Å². The molecule has 3 aromatic rings. The van der Waals surface area contributed by atoms with Crippen molar-refractivity contribution in [2.45, 2.75) is 19.5 Å². The van der Waals surface area contributed by atoms with Gasteiger partial charge < -0.3 is 14.7 Å². The average Bonchev–Trinajstić information content (AvgIpc) is 3.09. The number of pyridine rings is 1. The van der Waals surface area contributed by atoms with Crippen LogP contribution in [0.1, 0.15) is 27.4 Å². The number of carbonyl (C=O) groups excluding carboxylic acids is 1. The molecule has 0 aromatic carbocycles. The van der Waals surface area contributed by atoms with Crippen molar-refractivity contribution in [3.05, 3.63) is 65.6 Å². The van der Waals surface area contributed by atoms with E-state index in [1.54, 1.807) is 47.9 Å². The van der Waals surface area contributed by atoms with Gasteiger partial charge in [-0.2, -0.15) is 0 Å². The van der Waals surface area contributed by atoms with Crippen molar-refractivity contribution in [2.75, 3.05) is 11.9 Å². The molecule has 0 saturated heterocycles. The number of fused-ring (bicyclic) bond motifs is 1. The second-order valence-electron chi connectivity index (χ2n) is 5.67. The third-order valence-corrected chi connectivity index (χ3v) is 4.10. The van der Waals surface area contributed by atoms with E-state index < -0.39 is 0 Å². The van der Waals surface area contributed by atoms with Crippen molar-refractivity contribution in [3.63, 3.8) is 0 Å². The highest BCUT2D eigenvalue weighted by Crippen LogP contribution is 2.24. The molecule has 1 amide bonds. The number of rotatable bonds is 4. The first-order valence-electron chi connectivity index (χ1n) is 7.98. The molecule has 4 heterocycles. The summed E-state index contributed by atoms with van der Waals surface area (Å²) in [5.74, 6) is 1.35. The highest BCUT2D eigenvalue weighted by atomic mass is 16.5. The van der Waals surface area contributed by atoms with Crippen LogP contribution in [-0.4, -0.2) is 37.5 Å². The Balaban J connectivity index is 1.49. The summed E-state index contributed by atoms with van der Waals surface area (Å²) in [6.45, 7) is 1.53. The van der Waals surface area contributed by atoms with Crippen LogP contribution in [0.5, 0.6) is 0 Å². The van der Waals surface area contributed by atoms with E-state index in [-0.39, 0.29) is 5.91 Å². The van der Waals surface area contributed by atoms with Crippen molar-refractivity contribution in [3.8, 4) is 0 Å². The summed E-state index contributed by atoms with van der Waals surface area (Å²) in [6, 6.07) is 5.20.